The topological polar surface area (TPSA) is 75.3 Å². The maximum absolute atomic E-state index is 13.0. The molecule has 0 bridgehead atoms. The Morgan fingerprint density at radius 2 is 1.47 bits per heavy atom. The minimum Gasteiger partial charge on any atom is -0.322 e. The summed E-state index contributed by atoms with van der Waals surface area (Å²) >= 11 is 0. The van der Waals surface area contributed by atoms with Crippen molar-refractivity contribution in [3.8, 4) is 0 Å². The van der Waals surface area contributed by atoms with Crippen molar-refractivity contribution >= 4 is 27.3 Å². The smallest absolute Gasteiger partial charge is 0.322 e. The van der Waals surface area contributed by atoms with Gasteiger partial charge in [-0.25, -0.2) is 12.8 Å². The number of hydrogen-bond acceptors (Lipinski definition) is 3. The van der Waals surface area contributed by atoms with E-state index in [1.807, 2.05) is 0 Å². The van der Waals surface area contributed by atoms with Crippen LogP contribution in [-0.4, -0.2) is 14.3 Å². The minimum absolute atomic E-state index is 0.135. The van der Waals surface area contributed by atoms with Crippen LogP contribution in [0, 0.1) is 5.82 Å². The molecule has 3 aromatic carbocycles. The fraction of sp³-hybridized carbons (Fsp3) is 0.0500. The number of rotatable bonds is 5. The third-order valence-electron chi connectivity index (χ3n) is 3.95. The first-order valence-electron chi connectivity index (χ1n) is 8.42. The molecule has 0 aromatic heterocycles. The second-order valence-corrected chi connectivity index (χ2v) is 7.86. The van der Waals surface area contributed by atoms with E-state index in [0.29, 0.717) is 6.07 Å². The van der Waals surface area contributed by atoms with Crippen LogP contribution in [0.25, 0.3) is 0 Å². The lowest BCUT2D eigenvalue weighted by Gasteiger charge is -2.12. The number of carbonyl (C=O) groups is 1. The summed E-state index contributed by atoms with van der Waals surface area (Å²) in [6.07, 6.45) is -4.62. The molecule has 0 saturated carbocycles. The Bertz CT molecular complexity index is 1180. The van der Waals surface area contributed by atoms with E-state index in [1.165, 1.54) is 36.4 Å². The average Bonchev–Trinajstić information content (AvgIpc) is 2.68. The van der Waals surface area contributed by atoms with Gasteiger partial charge in [0.25, 0.3) is 15.9 Å². The summed E-state index contributed by atoms with van der Waals surface area (Å²) in [7, 11) is -4.22. The SMILES string of the molecule is O=C(Nc1cccc(S(=O)(=O)Nc2cccc(C(F)(F)F)c2)c1)c1ccc(F)cc1. The van der Waals surface area contributed by atoms with Crippen LogP contribution in [0.4, 0.5) is 28.9 Å². The van der Waals surface area contributed by atoms with E-state index in [4.69, 9.17) is 0 Å². The van der Waals surface area contributed by atoms with Gasteiger partial charge in [-0.05, 0) is 60.7 Å². The zero-order valence-corrected chi connectivity index (χ0v) is 15.9. The van der Waals surface area contributed by atoms with Gasteiger partial charge in [-0.2, -0.15) is 13.2 Å². The molecule has 0 saturated heterocycles. The molecule has 0 atom stereocenters. The molecule has 0 spiro atoms. The molecule has 0 aliphatic rings. The first kappa shape index (κ1) is 21.3. The number of anilines is 2. The molecule has 156 valence electrons. The minimum atomic E-state index is -4.62. The van der Waals surface area contributed by atoms with Crippen LogP contribution < -0.4 is 10.0 Å². The van der Waals surface area contributed by atoms with Crippen molar-refractivity contribution < 1.29 is 30.8 Å². The predicted octanol–water partition coefficient (Wildman–Crippen LogP) is 4.90. The quantitative estimate of drug-likeness (QED) is 0.557. The molecule has 3 rings (SSSR count). The number of nitrogens with one attached hydrogen (secondary N) is 2. The summed E-state index contributed by atoms with van der Waals surface area (Å²) in [5.74, 6) is -1.10. The molecule has 0 fully saturated rings. The van der Waals surface area contributed by atoms with E-state index in [2.05, 4.69) is 10.0 Å². The number of alkyl halides is 3. The highest BCUT2D eigenvalue weighted by Gasteiger charge is 2.30. The van der Waals surface area contributed by atoms with Gasteiger partial charge < -0.3 is 5.32 Å². The van der Waals surface area contributed by atoms with Gasteiger partial charge in [0.05, 0.1) is 10.5 Å². The van der Waals surface area contributed by atoms with Gasteiger partial charge in [-0.1, -0.05) is 12.1 Å². The number of halogens is 4. The molecule has 0 aliphatic heterocycles. The van der Waals surface area contributed by atoms with Crippen molar-refractivity contribution in [1.82, 2.24) is 0 Å². The van der Waals surface area contributed by atoms with Crippen LogP contribution in [0.2, 0.25) is 0 Å². The van der Waals surface area contributed by atoms with E-state index in [0.717, 1.165) is 30.3 Å². The van der Waals surface area contributed by atoms with Crippen molar-refractivity contribution in [1.29, 1.82) is 0 Å². The highest BCUT2D eigenvalue weighted by Crippen LogP contribution is 2.31. The summed E-state index contributed by atoms with van der Waals surface area (Å²) < 4.78 is 78.6. The molecule has 1 amide bonds. The highest BCUT2D eigenvalue weighted by molar-refractivity contribution is 7.92. The molecule has 0 radical (unpaired) electrons. The lowest BCUT2D eigenvalue weighted by atomic mass is 10.2. The molecule has 30 heavy (non-hydrogen) atoms. The van der Waals surface area contributed by atoms with E-state index in [9.17, 15) is 30.8 Å². The van der Waals surface area contributed by atoms with Gasteiger partial charge in [0, 0.05) is 16.9 Å². The van der Waals surface area contributed by atoms with Gasteiger partial charge >= 0.3 is 6.18 Å². The Hall–Kier alpha value is -3.40. The molecule has 0 aliphatic carbocycles. The largest absolute Gasteiger partial charge is 0.416 e. The number of carbonyl (C=O) groups excluding carboxylic acids is 1. The lowest BCUT2D eigenvalue weighted by molar-refractivity contribution is -0.137. The number of amides is 1. The van der Waals surface area contributed by atoms with Crippen molar-refractivity contribution in [3.05, 3.63) is 89.7 Å². The maximum Gasteiger partial charge on any atom is 0.416 e. The van der Waals surface area contributed by atoms with Gasteiger partial charge in [-0.3, -0.25) is 9.52 Å². The van der Waals surface area contributed by atoms with Gasteiger partial charge in [-0.15, -0.1) is 0 Å². The number of sulfonamides is 1. The fourth-order valence-electron chi connectivity index (χ4n) is 2.52. The second-order valence-electron chi connectivity index (χ2n) is 6.17. The van der Waals surface area contributed by atoms with Crippen LogP contribution in [0.1, 0.15) is 15.9 Å². The van der Waals surface area contributed by atoms with E-state index in [1.54, 1.807) is 0 Å². The van der Waals surface area contributed by atoms with Crippen LogP contribution in [0.5, 0.6) is 0 Å². The highest BCUT2D eigenvalue weighted by atomic mass is 32.2. The van der Waals surface area contributed by atoms with Crippen LogP contribution >= 0.6 is 0 Å². The Labute approximate surface area is 169 Å². The van der Waals surface area contributed by atoms with E-state index < -0.39 is 33.5 Å². The van der Waals surface area contributed by atoms with Gasteiger partial charge in [0.15, 0.2) is 0 Å². The Balaban J connectivity index is 1.80. The van der Waals surface area contributed by atoms with Crippen LogP contribution in [-0.2, 0) is 16.2 Å². The summed E-state index contributed by atoms with van der Waals surface area (Å²) in [4.78, 5) is 11.9. The van der Waals surface area contributed by atoms with Gasteiger partial charge in [0.2, 0.25) is 0 Å². The Morgan fingerprint density at radius 1 is 0.833 bits per heavy atom. The monoisotopic (exact) mass is 438 g/mol. The molecular formula is C20H14F4N2O3S. The van der Waals surface area contributed by atoms with Crippen molar-refractivity contribution in [2.24, 2.45) is 0 Å². The standard InChI is InChI=1S/C20H14F4N2O3S/c21-15-9-7-13(8-10-15)19(27)25-16-4-2-6-18(12-16)30(28,29)26-17-5-1-3-14(11-17)20(22,23)24/h1-12,26H,(H,25,27). The van der Waals surface area contributed by atoms with Gasteiger partial charge in [0.1, 0.15) is 5.82 Å². The zero-order valence-electron chi connectivity index (χ0n) is 15.1. The summed E-state index contributed by atoms with van der Waals surface area (Å²) in [6.45, 7) is 0. The van der Waals surface area contributed by atoms with E-state index in [-0.39, 0.29) is 21.8 Å². The number of benzene rings is 3. The zero-order chi connectivity index (χ0) is 21.9. The first-order chi connectivity index (χ1) is 14.0. The third kappa shape index (κ3) is 5.15. The van der Waals surface area contributed by atoms with E-state index >= 15 is 0 Å². The molecule has 2 N–H and O–H groups in total. The predicted molar refractivity (Wildman–Crippen MR) is 103 cm³/mol. The molecule has 5 nitrogen and oxygen atoms in total. The summed E-state index contributed by atoms with van der Waals surface area (Å²) in [5, 5.41) is 2.48. The maximum atomic E-state index is 13.0. The molecule has 3 aromatic rings. The number of hydrogen-bond donors (Lipinski definition) is 2. The summed E-state index contributed by atoms with van der Waals surface area (Å²) in [5.41, 5.74) is -0.961. The molecule has 0 unspecified atom stereocenters. The fourth-order valence-corrected chi connectivity index (χ4v) is 3.61. The Kier molecular flexibility index (Phi) is 5.79. The molecular weight excluding hydrogens is 424 g/mol. The van der Waals surface area contributed by atoms with Crippen molar-refractivity contribution in [2.75, 3.05) is 10.0 Å². The van der Waals surface area contributed by atoms with Crippen molar-refractivity contribution in [3.63, 3.8) is 0 Å². The van der Waals surface area contributed by atoms with Crippen LogP contribution in [0.15, 0.2) is 77.7 Å². The van der Waals surface area contributed by atoms with Crippen LogP contribution in [0.3, 0.4) is 0 Å². The lowest BCUT2D eigenvalue weighted by Crippen LogP contribution is -2.15. The van der Waals surface area contributed by atoms with Crippen molar-refractivity contribution in [2.45, 2.75) is 11.1 Å². The molecule has 0 heterocycles. The normalized spacial score (nSPS) is 11.7. The second kappa shape index (κ2) is 8.15. The summed E-state index contributed by atoms with van der Waals surface area (Å²) in [6, 6.07) is 13.7. The third-order valence-corrected chi connectivity index (χ3v) is 5.33. The molecule has 10 heteroatoms. The average molecular weight is 438 g/mol. The first-order valence-corrected chi connectivity index (χ1v) is 9.90. The Morgan fingerprint density at radius 3 is 2.13 bits per heavy atom.